The third-order valence-corrected chi connectivity index (χ3v) is 5.02. The first kappa shape index (κ1) is 19.9. The van der Waals surface area contributed by atoms with Crippen LogP contribution in [0.25, 0.3) is 11.4 Å². The van der Waals surface area contributed by atoms with Crippen molar-refractivity contribution in [2.75, 3.05) is 11.9 Å². The van der Waals surface area contributed by atoms with Crippen molar-refractivity contribution in [3.63, 3.8) is 0 Å². The van der Waals surface area contributed by atoms with Gasteiger partial charge in [-0.3, -0.25) is 0 Å². The van der Waals surface area contributed by atoms with E-state index in [2.05, 4.69) is 15.5 Å². The van der Waals surface area contributed by atoms with Crippen molar-refractivity contribution in [3.05, 3.63) is 65.5 Å². The smallest absolute Gasteiger partial charge is 0.337 e. The molecular weight excluding hydrogens is 397 g/mol. The fourth-order valence-corrected chi connectivity index (χ4v) is 3.48. The lowest BCUT2D eigenvalue weighted by atomic mass is 10.1. The molecular formula is C21H19F3N4O2. The molecule has 0 radical (unpaired) electrons. The molecule has 9 heteroatoms. The predicted octanol–water partition coefficient (Wildman–Crippen LogP) is 5.43. The van der Waals surface area contributed by atoms with Gasteiger partial charge in [0, 0.05) is 12.1 Å². The Morgan fingerprint density at radius 1 is 1.17 bits per heavy atom. The summed E-state index contributed by atoms with van der Waals surface area (Å²) in [4.78, 5) is 18.6. The van der Waals surface area contributed by atoms with Gasteiger partial charge in [-0.2, -0.15) is 18.2 Å². The molecule has 1 aliphatic rings. The summed E-state index contributed by atoms with van der Waals surface area (Å²) >= 11 is 0. The molecule has 4 rings (SSSR count). The largest absolute Gasteiger partial charge is 0.418 e. The Bertz CT molecular complexity index is 1050. The molecule has 1 fully saturated rings. The van der Waals surface area contributed by atoms with E-state index >= 15 is 0 Å². The summed E-state index contributed by atoms with van der Waals surface area (Å²) in [5, 5.41) is 6.37. The second-order valence-corrected chi connectivity index (χ2v) is 7.15. The maximum absolute atomic E-state index is 13.2. The summed E-state index contributed by atoms with van der Waals surface area (Å²) in [5.41, 5.74) is 0.698. The summed E-state index contributed by atoms with van der Waals surface area (Å²) in [6.07, 6.45) is -3.30. The van der Waals surface area contributed by atoms with Crippen molar-refractivity contribution in [1.29, 1.82) is 0 Å². The molecule has 3 aromatic rings. The second kappa shape index (κ2) is 7.81. The Balaban J connectivity index is 1.53. The second-order valence-electron chi connectivity index (χ2n) is 7.15. The fraction of sp³-hybridized carbons (Fsp3) is 0.286. The number of anilines is 1. The van der Waals surface area contributed by atoms with Crippen LogP contribution >= 0.6 is 0 Å². The van der Waals surface area contributed by atoms with Crippen molar-refractivity contribution >= 4 is 11.7 Å². The third-order valence-electron chi connectivity index (χ3n) is 5.02. The summed E-state index contributed by atoms with van der Waals surface area (Å²) in [7, 11) is 0. The number of nitrogens with zero attached hydrogens (tertiary/aromatic N) is 3. The minimum Gasteiger partial charge on any atom is -0.337 e. The van der Waals surface area contributed by atoms with Crippen molar-refractivity contribution in [1.82, 2.24) is 15.0 Å². The summed E-state index contributed by atoms with van der Waals surface area (Å²) < 4.78 is 45.0. The fourth-order valence-electron chi connectivity index (χ4n) is 3.48. The molecule has 6 nitrogen and oxygen atoms in total. The number of para-hydroxylation sites is 1. The van der Waals surface area contributed by atoms with Crippen LogP contribution in [0.2, 0.25) is 0 Å². The summed E-state index contributed by atoms with van der Waals surface area (Å²) in [6.45, 7) is 2.35. The standard InChI is InChI=1S/C21H19F3N4O2/c1-13-8-10-14(11-9-13)18-26-19(30-27-18)17-7-4-12-28(17)20(29)25-16-6-3-2-5-15(16)21(22,23)24/h2-3,5-6,8-11,17H,4,7,12H2,1H3,(H,25,29). The van der Waals surface area contributed by atoms with Crippen molar-refractivity contribution in [2.24, 2.45) is 0 Å². The molecule has 0 aliphatic carbocycles. The average molecular weight is 416 g/mol. The number of carbonyl (C=O) groups excluding carboxylic acids is 1. The van der Waals surface area contributed by atoms with Crippen molar-refractivity contribution in [2.45, 2.75) is 32.0 Å². The average Bonchev–Trinajstić information content (AvgIpc) is 3.37. The van der Waals surface area contributed by atoms with Gasteiger partial charge in [-0.1, -0.05) is 47.1 Å². The topological polar surface area (TPSA) is 71.3 Å². The van der Waals surface area contributed by atoms with E-state index in [0.29, 0.717) is 25.2 Å². The predicted molar refractivity (Wildman–Crippen MR) is 104 cm³/mol. The molecule has 0 saturated carbocycles. The summed E-state index contributed by atoms with van der Waals surface area (Å²) in [6, 6.07) is 11.4. The number of aryl methyl sites for hydroxylation is 1. The van der Waals surface area contributed by atoms with Crippen molar-refractivity contribution < 1.29 is 22.5 Å². The first-order valence-electron chi connectivity index (χ1n) is 9.47. The Morgan fingerprint density at radius 2 is 1.90 bits per heavy atom. The van der Waals surface area contributed by atoms with E-state index in [4.69, 9.17) is 4.52 Å². The van der Waals surface area contributed by atoms with Crippen LogP contribution in [0.5, 0.6) is 0 Å². The van der Waals surface area contributed by atoms with E-state index in [1.54, 1.807) is 0 Å². The molecule has 0 spiro atoms. The van der Waals surface area contributed by atoms with Gasteiger partial charge in [-0.15, -0.1) is 0 Å². The molecule has 0 bridgehead atoms. The zero-order chi connectivity index (χ0) is 21.3. The first-order chi connectivity index (χ1) is 14.3. The maximum Gasteiger partial charge on any atom is 0.418 e. The minimum atomic E-state index is -4.57. The van der Waals surface area contributed by atoms with Crippen molar-refractivity contribution in [3.8, 4) is 11.4 Å². The van der Waals surface area contributed by atoms with Gasteiger partial charge in [-0.25, -0.2) is 4.79 Å². The molecule has 1 atom stereocenters. The number of benzene rings is 2. The van der Waals surface area contributed by atoms with Gasteiger partial charge in [0.15, 0.2) is 0 Å². The molecule has 30 heavy (non-hydrogen) atoms. The molecule has 1 saturated heterocycles. The lowest BCUT2D eigenvalue weighted by Crippen LogP contribution is -2.35. The quantitative estimate of drug-likeness (QED) is 0.618. The Labute approximate surface area is 170 Å². The van der Waals surface area contributed by atoms with Gasteiger partial charge in [0.25, 0.3) is 0 Å². The van der Waals surface area contributed by atoms with E-state index < -0.39 is 23.8 Å². The number of urea groups is 1. The monoisotopic (exact) mass is 416 g/mol. The van der Waals surface area contributed by atoms with E-state index in [9.17, 15) is 18.0 Å². The van der Waals surface area contributed by atoms with Gasteiger partial charge < -0.3 is 14.7 Å². The van der Waals surface area contributed by atoms with Gasteiger partial charge in [-0.05, 0) is 31.9 Å². The van der Waals surface area contributed by atoms with Crippen LogP contribution in [0.3, 0.4) is 0 Å². The highest BCUT2D eigenvalue weighted by Gasteiger charge is 2.37. The van der Waals surface area contributed by atoms with Crippen LogP contribution in [-0.4, -0.2) is 27.6 Å². The Kier molecular flexibility index (Phi) is 5.19. The van der Waals surface area contributed by atoms with Gasteiger partial charge in [0.05, 0.1) is 11.3 Å². The minimum absolute atomic E-state index is 0.266. The van der Waals surface area contributed by atoms with E-state index in [1.807, 2.05) is 31.2 Å². The van der Waals surface area contributed by atoms with E-state index in [1.165, 1.54) is 23.1 Å². The molecule has 2 aromatic carbocycles. The zero-order valence-electron chi connectivity index (χ0n) is 16.1. The summed E-state index contributed by atoms with van der Waals surface area (Å²) in [5.74, 6) is 0.669. The highest BCUT2D eigenvalue weighted by molar-refractivity contribution is 5.90. The lowest BCUT2D eigenvalue weighted by molar-refractivity contribution is -0.136. The van der Waals surface area contributed by atoms with Crippen LogP contribution in [0.15, 0.2) is 53.1 Å². The number of halogens is 3. The van der Waals surface area contributed by atoms with Gasteiger partial charge in [0.1, 0.15) is 6.04 Å². The molecule has 1 aromatic heterocycles. The van der Waals surface area contributed by atoms with Crippen LogP contribution in [0.4, 0.5) is 23.7 Å². The highest BCUT2D eigenvalue weighted by atomic mass is 19.4. The number of hydrogen-bond donors (Lipinski definition) is 1. The number of hydrogen-bond acceptors (Lipinski definition) is 4. The Morgan fingerprint density at radius 3 is 2.63 bits per heavy atom. The molecule has 2 heterocycles. The third kappa shape index (κ3) is 4.00. The molecule has 2 amide bonds. The highest BCUT2D eigenvalue weighted by Crippen LogP contribution is 2.36. The SMILES string of the molecule is Cc1ccc(-c2noc(C3CCCN3C(=O)Nc3ccccc3C(F)(F)F)n2)cc1. The normalized spacial score (nSPS) is 16.7. The number of aromatic nitrogens is 2. The van der Waals surface area contributed by atoms with Crippen LogP contribution < -0.4 is 5.32 Å². The zero-order valence-corrected chi connectivity index (χ0v) is 16.1. The number of likely N-dealkylation sites (tertiary alicyclic amines) is 1. The van der Waals surface area contributed by atoms with E-state index in [0.717, 1.165) is 17.2 Å². The number of rotatable bonds is 3. The number of carbonyl (C=O) groups is 1. The number of amides is 2. The van der Waals surface area contributed by atoms with Gasteiger partial charge >= 0.3 is 12.2 Å². The molecule has 1 unspecified atom stereocenters. The van der Waals surface area contributed by atoms with Gasteiger partial charge in [0.2, 0.25) is 11.7 Å². The van der Waals surface area contributed by atoms with Crippen LogP contribution in [0.1, 0.15) is 35.9 Å². The first-order valence-corrected chi connectivity index (χ1v) is 9.47. The number of alkyl halides is 3. The van der Waals surface area contributed by atoms with Crippen LogP contribution in [-0.2, 0) is 6.18 Å². The molecule has 1 N–H and O–H groups in total. The Hall–Kier alpha value is -3.36. The van der Waals surface area contributed by atoms with Crippen LogP contribution in [0, 0.1) is 6.92 Å². The lowest BCUT2D eigenvalue weighted by Gasteiger charge is -2.23. The molecule has 1 aliphatic heterocycles. The molecule has 156 valence electrons. The maximum atomic E-state index is 13.2. The number of nitrogens with one attached hydrogen (secondary N) is 1. The van der Waals surface area contributed by atoms with E-state index in [-0.39, 0.29) is 11.6 Å².